The molecule has 0 aromatic carbocycles. The fraction of sp³-hybridized carbons (Fsp3) is 0.667. The van der Waals surface area contributed by atoms with Crippen LogP contribution in [0.4, 0.5) is 0 Å². The second-order valence-corrected chi connectivity index (χ2v) is 5.37. The minimum absolute atomic E-state index is 0.0901. The summed E-state index contributed by atoms with van der Waals surface area (Å²) in [5.74, 6) is 1.63. The van der Waals surface area contributed by atoms with Gasteiger partial charge in [0.15, 0.2) is 0 Å². The van der Waals surface area contributed by atoms with Crippen LogP contribution in [0.15, 0.2) is 4.42 Å². The summed E-state index contributed by atoms with van der Waals surface area (Å²) in [6.07, 6.45) is 3.74. The van der Waals surface area contributed by atoms with Gasteiger partial charge in [0.1, 0.15) is 11.5 Å². The van der Waals surface area contributed by atoms with E-state index in [1.54, 1.807) is 0 Å². The van der Waals surface area contributed by atoms with E-state index in [0.717, 1.165) is 49.1 Å². The molecule has 0 radical (unpaired) electrons. The summed E-state index contributed by atoms with van der Waals surface area (Å²) in [7, 11) is 0. The summed E-state index contributed by atoms with van der Waals surface area (Å²) in [5.41, 5.74) is 1.68. The summed E-state index contributed by atoms with van der Waals surface area (Å²) < 4.78 is 5.55. The molecular weight excluding hydrogens is 242 g/mol. The van der Waals surface area contributed by atoms with Crippen LogP contribution in [0, 0.1) is 20.8 Å². The quantitative estimate of drug-likeness (QED) is 0.910. The van der Waals surface area contributed by atoms with Crippen LogP contribution in [0.5, 0.6) is 0 Å². The van der Waals surface area contributed by atoms with Crippen LogP contribution in [-0.2, 0) is 0 Å². The third-order valence-electron chi connectivity index (χ3n) is 4.11. The van der Waals surface area contributed by atoms with Gasteiger partial charge in [-0.05, 0) is 46.5 Å². The second kappa shape index (κ2) is 5.78. The highest BCUT2D eigenvalue weighted by Gasteiger charge is 2.31. The number of hydrogen-bond acceptors (Lipinski definition) is 3. The average molecular weight is 265 g/mol. The monoisotopic (exact) mass is 265 g/mol. The number of nitrogens with zero attached hydrogens (tertiary/aromatic N) is 1. The zero-order valence-electron chi connectivity index (χ0n) is 12.0. The summed E-state index contributed by atoms with van der Waals surface area (Å²) in [6, 6.07) is 0.272. The molecule has 106 valence electrons. The van der Waals surface area contributed by atoms with E-state index in [4.69, 9.17) is 9.52 Å². The van der Waals surface area contributed by atoms with Crippen molar-refractivity contribution in [3.8, 4) is 0 Å². The fourth-order valence-corrected chi connectivity index (χ4v) is 2.98. The van der Waals surface area contributed by atoms with Gasteiger partial charge in [-0.1, -0.05) is 0 Å². The average Bonchev–Trinajstić information content (AvgIpc) is 2.92. The van der Waals surface area contributed by atoms with Gasteiger partial charge in [0.2, 0.25) is 0 Å². The van der Waals surface area contributed by atoms with Crippen LogP contribution < -0.4 is 0 Å². The normalized spacial score (nSPS) is 19.2. The topological polar surface area (TPSA) is 53.7 Å². The lowest BCUT2D eigenvalue weighted by Gasteiger charge is -2.24. The molecule has 1 saturated heterocycles. The third-order valence-corrected chi connectivity index (χ3v) is 4.11. The van der Waals surface area contributed by atoms with Crippen molar-refractivity contribution in [1.29, 1.82) is 0 Å². The Balaban J connectivity index is 2.18. The molecule has 2 heterocycles. The molecule has 1 unspecified atom stereocenters. The van der Waals surface area contributed by atoms with Gasteiger partial charge >= 0.3 is 0 Å². The smallest absolute Gasteiger partial charge is 0.257 e. The molecule has 4 heteroatoms. The first-order valence-electron chi connectivity index (χ1n) is 7.04. The zero-order chi connectivity index (χ0) is 14.0. The molecule has 0 bridgehead atoms. The molecule has 1 aromatic heterocycles. The van der Waals surface area contributed by atoms with Gasteiger partial charge in [-0.15, -0.1) is 0 Å². The molecule has 1 aliphatic heterocycles. The Morgan fingerprint density at radius 2 is 2.11 bits per heavy atom. The second-order valence-electron chi connectivity index (χ2n) is 5.37. The maximum absolute atomic E-state index is 12.7. The van der Waals surface area contributed by atoms with Crippen LogP contribution in [0.25, 0.3) is 0 Å². The number of carbonyl (C=O) groups excluding carboxylic acids is 1. The van der Waals surface area contributed by atoms with Crippen molar-refractivity contribution in [2.75, 3.05) is 13.2 Å². The van der Waals surface area contributed by atoms with Crippen molar-refractivity contribution in [3.05, 3.63) is 22.6 Å². The Labute approximate surface area is 114 Å². The van der Waals surface area contributed by atoms with Crippen LogP contribution in [0.2, 0.25) is 0 Å². The Morgan fingerprint density at radius 1 is 1.37 bits per heavy atom. The first-order chi connectivity index (χ1) is 9.06. The maximum atomic E-state index is 12.7. The molecule has 0 saturated carbocycles. The zero-order valence-corrected chi connectivity index (χ0v) is 12.0. The number of aryl methyl sites for hydroxylation is 2. The number of likely N-dealkylation sites (tertiary alicyclic amines) is 1. The lowest BCUT2D eigenvalue weighted by atomic mass is 10.1. The van der Waals surface area contributed by atoms with E-state index in [2.05, 4.69) is 0 Å². The molecule has 19 heavy (non-hydrogen) atoms. The molecule has 0 aliphatic carbocycles. The van der Waals surface area contributed by atoms with Gasteiger partial charge in [0.05, 0.1) is 5.56 Å². The van der Waals surface area contributed by atoms with Crippen molar-refractivity contribution < 1.29 is 14.3 Å². The molecule has 4 nitrogen and oxygen atoms in total. The highest BCUT2D eigenvalue weighted by atomic mass is 16.3. The molecular formula is C15H23NO3. The molecule has 1 atom stereocenters. The van der Waals surface area contributed by atoms with Gasteiger partial charge in [0.25, 0.3) is 5.91 Å². The van der Waals surface area contributed by atoms with E-state index in [1.807, 2.05) is 25.7 Å². The summed E-state index contributed by atoms with van der Waals surface area (Å²) in [6.45, 7) is 6.70. The van der Waals surface area contributed by atoms with Gasteiger partial charge in [0, 0.05) is 24.8 Å². The van der Waals surface area contributed by atoms with E-state index in [1.165, 1.54) is 0 Å². The van der Waals surface area contributed by atoms with Crippen molar-refractivity contribution in [3.63, 3.8) is 0 Å². The standard InChI is InChI=1S/C15H23NO3/c1-10-11(2)19-12(3)14(10)15(18)16-8-4-6-13(16)7-5-9-17/h13,17H,4-9H2,1-3H3. The van der Waals surface area contributed by atoms with Gasteiger partial charge in [-0.2, -0.15) is 0 Å². The summed E-state index contributed by atoms with van der Waals surface area (Å²) >= 11 is 0. The van der Waals surface area contributed by atoms with E-state index >= 15 is 0 Å². The lowest BCUT2D eigenvalue weighted by molar-refractivity contribution is 0.0722. The maximum Gasteiger partial charge on any atom is 0.257 e. The third kappa shape index (κ3) is 2.68. The first-order valence-corrected chi connectivity index (χ1v) is 7.04. The number of rotatable bonds is 4. The van der Waals surface area contributed by atoms with E-state index in [9.17, 15) is 4.79 Å². The minimum atomic E-state index is 0.0901. The van der Waals surface area contributed by atoms with Crippen LogP contribution in [0.3, 0.4) is 0 Å². The summed E-state index contributed by atoms with van der Waals surface area (Å²) in [4.78, 5) is 14.6. The van der Waals surface area contributed by atoms with Gasteiger partial charge in [-0.3, -0.25) is 4.79 Å². The molecule has 1 amide bonds. The van der Waals surface area contributed by atoms with Crippen LogP contribution in [0.1, 0.15) is 53.1 Å². The Kier molecular flexibility index (Phi) is 4.30. The minimum Gasteiger partial charge on any atom is -0.466 e. The highest BCUT2D eigenvalue weighted by molar-refractivity contribution is 5.97. The number of amides is 1. The predicted octanol–water partition coefficient (Wildman–Crippen LogP) is 2.58. The molecule has 1 N–H and O–H groups in total. The SMILES string of the molecule is Cc1oc(C)c(C(=O)N2CCCC2CCCO)c1C. The number of furan rings is 1. The van der Waals surface area contributed by atoms with Crippen LogP contribution >= 0.6 is 0 Å². The van der Waals surface area contributed by atoms with Crippen molar-refractivity contribution >= 4 is 5.91 Å². The lowest BCUT2D eigenvalue weighted by Crippen LogP contribution is -2.36. The van der Waals surface area contributed by atoms with Crippen LogP contribution in [-0.4, -0.2) is 35.1 Å². The van der Waals surface area contributed by atoms with Gasteiger partial charge in [-0.25, -0.2) is 0 Å². The van der Waals surface area contributed by atoms with Gasteiger partial charge < -0.3 is 14.4 Å². The Hall–Kier alpha value is -1.29. The molecule has 1 fully saturated rings. The number of carbonyl (C=O) groups is 1. The highest BCUT2D eigenvalue weighted by Crippen LogP contribution is 2.28. The predicted molar refractivity (Wildman–Crippen MR) is 73.3 cm³/mol. The molecule has 0 spiro atoms. The van der Waals surface area contributed by atoms with E-state index in [-0.39, 0.29) is 18.6 Å². The molecule has 1 aromatic rings. The van der Waals surface area contributed by atoms with Crippen molar-refractivity contribution in [2.24, 2.45) is 0 Å². The molecule has 2 rings (SSSR count). The Bertz CT molecular complexity index is 464. The Morgan fingerprint density at radius 3 is 2.68 bits per heavy atom. The number of aliphatic hydroxyl groups is 1. The van der Waals surface area contributed by atoms with Crippen molar-refractivity contribution in [1.82, 2.24) is 4.90 Å². The fourth-order valence-electron chi connectivity index (χ4n) is 2.98. The van der Waals surface area contributed by atoms with Crippen molar-refractivity contribution in [2.45, 2.75) is 52.5 Å². The largest absolute Gasteiger partial charge is 0.466 e. The first kappa shape index (κ1) is 14.1. The summed E-state index contributed by atoms with van der Waals surface area (Å²) in [5, 5.41) is 8.94. The molecule has 1 aliphatic rings. The number of hydrogen-bond donors (Lipinski definition) is 1. The van der Waals surface area contributed by atoms with E-state index in [0.29, 0.717) is 5.76 Å². The number of aliphatic hydroxyl groups excluding tert-OH is 1. The van der Waals surface area contributed by atoms with E-state index < -0.39 is 0 Å².